The molecule has 1 aromatic carbocycles. The van der Waals surface area contributed by atoms with Crippen LogP contribution in [0.15, 0.2) is 23.2 Å². The van der Waals surface area contributed by atoms with E-state index in [1.807, 2.05) is 20.8 Å². The lowest BCUT2D eigenvalue weighted by molar-refractivity contribution is 0.0527. The lowest BCUT2D eigenvalue weighted by atomic mass is 10.1. The summed E-state index contributed by atoms with van der Waals surface area (Å²) in [5.74, 6) is 0.429. The van der Waals surface area contributed by atoms with Gasteiger partial charge in [0.2, 0.25) is 0 Å². The van der Waals surface area contributed by atoms with Crippen LogP contribution in [-0.2, 0) is 17.6 Å². The van der Waals surface area contributed by atoms with Gasteiger partial charge < -0.3 is 21.1 Å². The highest BCUT2D eigenvalue weighted by Gasteiger charge is 2.15. The van der Waals surface area contributed by atoms with Crippen molar-refractivity contribution in [2.75, 3.05) is 18.4 Å². The van der Waals surface area contributed by atoms with Gasteiger partial charge in [0.05, 0.1) is 0 Å². The van der Waals surface area contributed by atoms with Gasteiger partial charge in [-0.05, 0) is 76.1 Å². The number of nitrogens with two attached hydrogens (primary N) is 1. The molecular formula is C19H31IN4O2. The molecule has 146 valence electrons. The van der Waals surface area contributed by atoms with E-state index in [4.69, 9.17) is 10.5 Å². The second kappa shape index (κ2) is 10.6. The minimum atomic E-state index is -0.466. The number of nitrogens with zero attached hydrogens (tertiary/aromatic N) is 1. The average Bonchev–Trinajstić information content (AvgIpc) is 2.96. The molecule has 1 aliphatic rings. The van der Waals surface area contributed by atoms with Crippen molar-refractivity contribution in [2.45, 2.75) is 58.5 Å². The number of guanidine groups is 1. The van der Waals surface area contributed by atoms with Gasteiger partial charge in [-0.2, -0.15) is 0 Å². The van der Waals surface area contributed by atoms with Crippen molar-refractivity contribution >= 4 is 41.7 Å². The molecule has 0 spiro atoms. The maximum Gasteiger partial charge on any atom is 0.407 e. The molecule has 0 bridgehead atoms. The summed E-state index contributed by atoms with van der Waals surface area (Å²) in [7, 11) is 0. The molecule has 6 nitrogen and oxygen atoms in total. The van der Waals surface area contributed by atoms with Gasteiger partial charge in [-0.25, -0.2) is 4.79 Å². The van der Waals surface area contributed by atoms with Gasteiger partial charge in [-0.15, -0.1) is 24.0 Å². The predicted octanol–water partition coefficient (Wildman–Crippen LogP) is 3.82. The van der Waals surface area contributed by atoms with Gasteiger partial charge >= 0.3 is 6.09 Å². The summed E-state index contributed by atoms with van der Waals surface area (Å²) in [5, 5.41) is 5.88. The number of hydrogen-bond acceptors (Lipinski definition) is 3. The molecule has 1 aliphatic carbocycles. The first kappa shape index (κ1) is 22.5. The van der Waals surface area contributed by atoms with Crippen LogP contribution in [-0.4, -0.2) is 30.7 Å². The zero-order chi connectivity index (χ0) is 18.3. The standard InChI is InChI=1S/C19H30N4O2.HI/c1-19(2,3)25-18(24)22-12-5-4-11-21-17(20)23-16-10-9-14-7-6-8-15(14)13-16;/h9-10,13H,4-8,11-12H2,1-3H3,(H,22,24)(H3,20,21,23);1H. The minimum Gasteiger partial charge on any atom is -0.444 e. The normalized spacial score (nSPS) is 13.6. The average molecular weight is 474 g/mol. The molecule has 0 atom stereocenters. The number of rotatable bonds is 6. The third-order valence-corrected chi connectivity index (χ3v) is 3.91. The highest BCUT2D eigenvalue weighted by atomic mass is 127. The third-order valence-electron chi connectivity index (χ3n) is 3.91. The number of anilines is 1. The Morgan fingerprint density at radius 2 is 1.96 bits per heavy atom. The number of fused-ring (bicyclic) bond motifs is 1. The smallest absolute Gasteiger partial charge is 0.407 e. The summed E-state index contributed by atoms with van der Waals surface area (Å²) in [6.45, 7) is 6.73. The summed E-state index contributed by atoms with van der Waals surface area (Å²) < 4.78 is 5.17. The summed E-state index contributed by atoms with van der Waals surface area (Å²) in [6.07, 6.45) is 4.86. The number of aliphatic imine (C=N–C) groups is 1. The molecule has 0 radical (unpaired) electrons. The Labute approximate surface area is 173 Å². The highest BCUT2D eigenvalue weighted by Crippen LogP contribution is 2.24. The Hall–Kier alpha value is -1.51. The number of alkyl carbamates (subject to hydrolysis) is 1. The van der Waals surface area contributed by atoms with Crippen LogP contribution in [0.3, 0.4) is 0 Å². The quantitative estimate of drug-likeness (QED) is 0.253. The number of amides is 1. The molecule has 4 N–H and O–H groups in total. The van der Waals surface area contributed by atoms with E-state index in [2.05, 4.69) is 33.8 Å². The van der Waals surface area contributed by atoms with Crippen molar-refractivity contribution in [3.05, 3.63) is 29.3 Å². The second-order valence-corrected chi connectivity index (χ2v) is 7.36. The Morgan fingerprint density at radius 1 is 1.23 bits per heavy atom. The van der Waals surface area contributed by atoms with E-state index in [-0.39, 0.29) is 30.1 Å². The number of nitrogens with one attached hydrogen (secondary N) is 2. The molecule has 1 aromatic rings. The maximum atomic E-state index is 11.5. The van der Waals surface area contributed by atoms with Crippen molar-refractivity contribution < 1.29 is 9.53 Å². The lowest BCUT2D eigenvalue weighted by Crippen LogP contribution is -2.33. The first-order valence-electron chi connectivity index (χ1n) is 8.99. The minimum absolute atomic E-state index is 0. The zero-order valence-electron chi connectivity index (χ0n) is 15.9. The van der Waals surface area contributed by atoms with Gasteiger partial charge in [-0.3, -0.25) is 4.99 Å². The van der Waals surface area contributed by atoms with Gasteiger partial charge in [-0.1, -0.05) is 6.07 Å². The molecule has 7 heteroatoms. The van der Waals surface area contributed by atoms with E-state index in [1.165, 1.54) is 24.0 Å². The van der Waals surface area contributed by atoms with Gasteiger partial charge in [0.1, 0.15) is 5.60 Å². The lowest BCUT2D eigenvalue weighted by Gasteiger charge is -2.19. The van der Waals surface area contributed by atoms with Crippen LogP contribution >= 0.6 is 24.0 Å². The summed E-state index contributed by atoms with van der Waals surface area (Å²) >= 11 is 0. The van der Waals surface area contributed by atoms with Crippen molar-refractivity contribution in [1.29, 1.82) is 0 Å². The van der Waals surface area contributed by atoms with E-state index in [1.54, 1.807) is 0 Å². The molecule has 1 amide bonds. The number of carbonyl (C=O) groups is 1. The van der Waals surface area contributed by atoms with Crippen LogP contribution in [0.4, 0.5) is 10.5 Å². The van der Waals surface area contributed by atoms with Crippen molar-refractivity contribution in [3.8, 4) is 0 Å². The molecule has 0 aromatic heterocycles. The van der Waals surface area contributed by atoms with Crippen LogP contribution in [0.1, 0.15) is 51.2 Å². The second-order valence-electron chi connectivity index (χ2n) is 7.36. The van der Waals surface area contributed by atoms with Gasteiger partial charge in [0.15, 0.2) is 5.96 Å². The van der Waals surface area contributed by atoms with Crippen LogP contribution in [0, 0.1) is 0 Å². The summed E-state index contributed by atoms with van der Waals surface area (Å²) in [4.78, 5) is 15.8. The molecule has 0 aliphatic heterocycles. The van der Waals surface area contributed by atoms with E-state index in [0.29, 0.717) is 19.0 Å². The molecule has 0 saturated carbocycles. The molecular weight excluding hydrogens is 443 g/mol. The summed E-state index contributed by atoms with van der Waals surface area (Å²) in [5.41, 5.74) is 9.31. The Morgan fingerprint density at radius 3 is 2.69 bits per heavy atom. The number of halogens is 1. The predicted molar refractivity (Wildman–Crippen MR) is 117 cm³/mol. The Balaban J connectivity index is 0.00000338. The number of aryl methyl sites for hydroxylation is 2. The molecule has 26 heavy (non-hydrogen) atoms. The molecule has 0 unspecified atom stereocenters. The number of ether oxygens (including phenoxy) is 1. The molecule has 2 rings (SSSR count). The number of benzene rings is 1. The Kier molecular flexibility index (Phi) is 9.18. The highest BCUT2D eigenvalue weighted by molar-refractivity contribution is 14.0. The molecule has 0 fully saturated rings. The first-order chi connectivity index (χ1) is 11.8. The Bertz CT molecular complexity index is 626. The van der Waals surface area contributed by atoms with Crippen molar-refractivity contribution in [3.63, 3.8) is 0 Å². The van der Waals surface area contributed by atoms with Crippen molar-refractivity contribution in [1.82, 2.24) is 5.32 Å². The van der Waals surface area contributed by atoms with Crippen LogP contribution in [0.2, 0.25) is 0 Å². The SMILES string of the molecule is CC(C)(C)OC(=O)NCCCCN=C(N)Nc1ccc2c(c1)CCC2.I. The zero-order valence-corrected chi connectivity index (χ0v) is 18.3. The topological polar surface area (TPSA) is 88.7 Å². The number of hydrogen-bond donors (Lipinski definition) is 3. The van der Waals surface area contributed by atoms with Crippen LogP contribution in [0.5, 0.6) is 0 Å². The van der Waals surface area contributed by atoms with Gasteiger partial charge in [0, 0.05) is 18.8 Å². The van der Waals surface area contributed by atoms with E-state index in [9.17, 15) is 4.79 Å². The van der Waals surface area contributed by atoms with E-state index >= 15 is 0 Å². The fourth-order valence-electron chi connectivity index (χ4n) is 2.78. The first-order valence-corrected chi connectivity index (χ1v) is 8.99. The molecule has 0 saturated heterocycles. The summed E-state index contributed by atoms with van der Waals surface area (Å²) in [6, 6.07) is 6.38. The van der Waals surface area contributed by atoms with Crippen LogP contribution in [0.25, 0.3) is 0 Å². The maximum absolute atomic E-state index is 11.5. The van der Waals surface area contributed by atoms with Gasteiger partial charge in [0.25, 0.3) is 0 Å². The van der Waals surface area contributed by atoms with E-state index < -0.39 is 5.60 Å². The van der Waals surface area contributed by atoms with Crippen LogP contribution < -0.4 is 16.4 Å². The van der Waals surface area contributed by atoms with Crippen molar-refractivity contribution in [2.24, 2.45) is 10.7 Å². The number of unbranched alkanes of at least 4 members (excludes halogenated alkanes) is 1. The van der Waals surface area contributed by atoms with E-state index in [0.717, 1.165) is 24.9 Å². The fraction of sp³-hybridized carbons (Fsp3) is 0.579. The third kappa shape index (κ3) is 8.25. The largest absolute Gasteiger partial charge is 0.444 e. The fourth-order valence-corrected chi connectivity index (χ4v) is 2.78. The number of carbonyl (C=O) groups excluding carboxylic acids is 1. The monoisotopic (exact) mass is 474 g/mol. The molecule has 0 heterocycles.